The molecule has 0 saturated carbocycles. The highest BCUT2D eigenvalue weighted by molar-refractivity contribution is 9.10. The van der Waals surface area contributed by atoms with E-state index in [9.17, 15) is 5.26 Å². The van der Waals surface area contributed by atoms with Gasteiger partial charge in [0.15, 0.2) is 0 Å². The third-order valence-corrected chi connectivity index (χ3v) is 3.55. The third-order valence-electron chi connectivity index (χ3n) is 3.02. The van der Waals surface area contributed by atoms with Gasteiger partial charge < -0.3 is 4.74 Å². The van der Waals surface area contributed by atoms with Crippen LogP contribution in [0.4, 0.5) is 0 Å². The Hall–Kier alpha value is -1.79. The van der Waals surface area contributed by atoms with Crippen LogP contribution in [0, 0.1) is 11.3 Å². The molecule has 2 aromatic carbocycles. The van der Waals surface area contributed by atoms with Gasteiger partial charge in [0.25, 0.3) is 0 Å². The Bertz CT molecular complexity index is 586. The number of rotatable bonds is 4. The van der Waals surface area contributed by atoms with Crippen molar-refractivity contribution >= 4 is 15.9 Å². The largest absolute Gasteiger partial charge is 0.496 e. The van der Waals surface area contributed by atoms with Gasteiger partial charge in [0, 0.05) is 10.0 Å². The zero-order valence-electron chi connectivity index (χ0n) is 10.6. The van der Waals surface area contributed by atoms with E-state index >= 15 is 0 Å². The lowest BCUT2D eigenvalue weighted by Crippen LogP contribution is -2.02. The first kappa shape index (κ1) is 13.6. The monoisotopic (exact) mass is 315 g/mol. The number of nitriles is 1. The van der Waals surface area contributed by atoms with Crippen molar-refractivity contribution in [2.24, 2.45) is 0 Å². The molecule has 0 bridgehead atoms. The maximum atomic E-state index is 9.40. The first-order valence-electron chi connectivity index (χ1n) is 6.01. The van der Waals surface area contributed by atoms with E-state index in [1.807, 2.05) is 48.5 Å². The third kappa shape index (κ3) is 3.36. The highest BCUT2D eigenvalue weighted by Gasteiger charge is 2.15. The van der Waals surface area contributed by atoms with Crippen molar-refractivity contribution in [3.63, 3.8) is 0 Å². The minimum atomic E-state index is -0.197. The molecule has 0 aliphatic carbocycles. The minimum absolute atomic E-state index is 0.197. The fraction of sp³-hybridized carbons (Fsp3) is 0.188. The minimum Gasteiger partial charge on any atom is -0.496 e. The summed E-state index contributed by atoms with van der Waals surface area (Å²) in [5.74, 6) is 0.573. The van der Waals surface area contributed by atoms with Gasteiger partial charge in [0.1, 0.15) is 5.75 Å². The van der Waals surface area contributed by atoms with Crippen LogP contribution < -0.4 is 4.74 Å². The molecule has 1 atom stereocenters. The molecule has 3 heteroatoms. The summed E-state index contributed by atoms with van der Waals surface area (Å²) in [5.41, 5.74) is 2.08. The van der Waals surface area contributed by atoms with Gasteiger partial charge in [-0.25, -0.2) is 0 Å². The molecule has 1 unspecified atom stereocenters. The molecule has 0 spiro atoms. The van der Waals surface area contributed by atoms with Crippen molar-refractivity contribution in [2.75, 3.05) is 7.11 Å². The summed E-state index contributed by atoms with van der Waals surface area (Å²) in [6, 6.07) is 18.1. The predicted octanol–water partition coefficient (Wildman–Crippen LogP) is 4.31. The standard InChI is InChI=1S/C16H14BrNO/c1-19-16-5-3-2-4-15(16)13(11-18)10-12-6-8-14(17)9-7-12/h2-9,13H,10H2,1H3. The summed E-state index contributed by atoms with van der Waals surface area (Å²) < 4.78 is 6.37. The smallest absolute Gasteiger partial charge is 0.123 e. The van der Waals surface area contributed by atoms with Crippen molar-refractivity contribution in [1.82, 2.24) is 0 Å². The van der Waals surface area contributed by atoms with Gasteiger partial charge in [-0.3, -0.25) is 0 Å². The van der Waals surface area contributed by atoms with Gasteiger partial charge in [-0.2, -0.15) is 5.26 Å². The van der Waals surface area contributed by atoms with E-state index in [0.717, 1.165) is 21.3 Å². The van der Waals surface area contributed by atoms with Gasteiger partial charge >= 0.3 is 0 Å². The number of ether oxygens (including phenoxy) is 1. The number of nitrogens with zero attached hydrogens (tertiary/aromatic N) is 1. The fourth-order valence-electron chi connectivity index (χ4n) is 2.04. The number of hydrogen-bond donors (Lipinski definition) is 0. The Kier molecular flexibility index (Phi) is 4.59. The molecule has 2 rings (SSSR count). The summed E-state index contributed by atoms with van der Waals surface area (Å²) in [7, 11) is 1.63. The number of benzene rings is 2. The summed E-state index contributed by atoms with van der Waals surface area (Å²) >= 11 is 3.41. The van der Waals surface area contributed by atoms with E-state index in [2.05, 4.69) is 22.0 Å². The van der Waals surface area contributed by atoms with Gasteiger partial charge in [0.2, 0.25) is 0 Å². The number of para-hydroxylation sites is 1. The van der Waals surface area contributed by atoms with Crippen LogP contribution in [0.1, 0.15) is 17.0 Å². The van der Waals surface area contributed by atoms with Crippen LogP contribution in [0.3, 0.4) is 0 Å². The second kappa shape index (κ2) is 6.40. The van der Waals surface area contributed by atoms with E-state index in [0.29, 0.717) is 6.42 Å². The lowest BCUT2D eigenvalue weighted by Gasteiger charge is -2.13. The maximum Gasteiger partial charge on any atom is 0.123 e. The van der Waals surface area contributed by atoms with Crippen molar-refractivity contribution in [2.45, 2.75) is 12.3 Å². The second-order valence-electron chi connectivity index (χ2n) is 4.25. The predicted molar refractivity (Wildman–Crippen MR) is 79.2 cm³/mol. The molecular weight excluding hydrogens is 302 g/mol. The Morgan fingerprint density at radius 1 is 1.16 bits per heavy atom. The summed E-state index contributed by atoms with van der Waals surface area (Å²) in [6.45, 7) is 0. The molecule has 0 aliphatic rings. The SMILES string of the molecule is COc1ccccc1C(C#N)Cc1ccc(Br)cc1. The molecule has 0 aliphatic heterocycles. The molecule has 2 aromatic rings. The van der Waals surface area contributed by atoms with Crippen LogP contribution in [-0.4, -0.2) is 7.11 Å². The zero-order chi connectivity index (χ0) is 13.7. The zero-order valence-corrected chi connectivity index (χ0v) is 12.2. The van der Waals surface area contributed by atoms with Gasteiger partial charge in [-0.1, -0.05) is 46.3 Å². The number of halogens is 1. The topological polar surface area (TPSA) is 33.0 Å². The van der Waals surface area contributed by atoms with Gasteiger partial charge in [-0.15, -0.1) is 0 Å². The van der Waals surface area contributed by atoms with Crippen LogP contribution >= 0.6 is 15.9 Å². The lowest BCUT2D eigenvalue weighted by atomic mass is 9.92. The molecule has 19 heavy (non-hydrogen) atoms. The molecule has 0 saturated heterocycles. The molecule has 0 aromatic heterocycles. The summed E-state index contributed by atoms with van der Waals surface area (Å²) in [6.07, 6.45) is 0.685. The van der Waals surface area contributed by atoms with Crippen LogP contribution in [0.5, 0.6) is 5.75 Å². The molecular formula is C16H14BrNO. The van der Waals surface area contributed by atoms with E-state index in [1.54, 1.807) is 7.11 Å². The van der Waals surface area contributed by atoms with Crippen LogP contribution in [0.25, 0.3) is 0 Å². The normalized spacial score (nSPS) is 11.6. The lowest BCUT2D eigenvalue weighted by molar-refractivity contribution is 0.408. The van der Waals surface area contributed by atoms with Crippen LogP contribution in [0.2, 0.25) is 0 Å². The molecule has 0 radical (unpaired) electrons. The van der Waals surface area contributed by atoms with Gasteiger partial charge in [0.05, 0.1) is 19.1 Å². The van der Waals surface area contributed by atoms with E-state index < -0.39 is 0 Å². The van der Waals surface area contributed by atoms with E-state index in [4.69, 9.17) is 4.74 Å². The summed E-state index contributed by atoms with van der Waals surface area (Å²) in [4.78, 5) is 0. The van der Waals surface area contributed by atoms with Gasteiger partial charge in [-0.05, 0) is 30.2 Å². The van der Waals surface area contributed by atoms with Crippen molar-refractivity contribution in [3.05, 3.63) is 64.1 Å². The maximum absolute atomic E-state index is 9.40. The average Bonchev–Trinajstić information content (AvgIpc) is 2.46. The van der Waals surface area contributed by atoms with E-state index in [-0.39, 0.29) is 5.92 Å². The Balaban J connectivity index is 2.25. The van der Waals surface area contributed by atoms with Crippen molar-refractivity contribution in [3.8, 4) is 11.8 Å². The highest BCUT2D eigenvalue weighted by Crippen LogP contribution is 2.29. The Morgan fingerprint density at radius 2 is 1.84 bits per heavy atom. The van der Waals surface area contributed by atoms with E-state index in [1.165, 1.54) is 0 Å². The average molecular weight is 316 g/mol. The Morgan fingerprint density at radius 3 is 2.47 bits per heavy atom. The molecule has 0 fully saturated rings. The van der Waals surface area contributed by atoms with Crippen molar-refractivity contribution < 1.29 is 4.74 Å². The van der Waals surface area contributed by atoms with Crippen molar-refractivity contribution in [1.29, 1.82) is 5.26 Å². The first-order valence-corrected chi connectivity index (χ1v) is 6.81. The highest BCUT2D eigenvalue weighted by atomic mass is 79.9. The Labute approximate surface area is 121 Å². The molecule has 0 N–H and O–H groups in total. The fourth-order valence-corrected chi connectivity index (χ4v) is 2.30. The molecule has 0 amide bonds. The molecule has 0 heterocycles. The molecule has 2 nitrogen and oxygen atoms in total. The summed E-state index contributed by atoms with van der Waals surface area (Å²) in [5, 5.41) is 9.40. The van der Waals surface area contributed by atoms with Crippen LogP contribution in [0.15, 0.2) is 53.0 Å². The van der Waals surface area contributed by atoms with Crippen LogP contribution in [-0.2, 0) is 6.42 Å². The number of hydrogen-bond acceptors (Lipinski definition) is 2. The first-order chi connectivity index (χ1) is 9.24. The number of methoxy groups -OCH3 is 1. The quantitative estimate of drug-likeness (QED) is 0.842. The molecule has 96 valence electrons. The second-order valence-corrected chi connectivity index (χ2v) is 5.17.